The molecule has 0 aliphatic carbocycles. The molecule has 80 valence electrons. The van der Waals surface area contributed by atoms with Crippen molar-refractivity contribution in [2.75, 3.05) is 0 Å². The van der Waals surface area contributed by atoms with E-state index in [2.05, 4.69) is 28.9 Å². The van der Waals surface area contributed by atoms with Gasteiger partial charge in [0, 0.05) is 5.56 Å². The zero-order chi connectivity index (χ0) is 11.4. The molecule has 0 N–H and O–H groups in total. The van der Waals surface area contributed by atoms with Crippen molar-refractivity contribution in [2.45, 2.75) is 6.42 Å². The van der Waals surface area contributed by atoms with Crippen LogP contribution in [0.25, 0.3) is 11.3 Å². The van der Waals surface area contributed by atoms with E-state index in [1.54, 1.807) is 6.07 Å². The summed E-state index contributed by atoms with van der Waals surface area (Å²) in [5, 5.41) is 8.24. The van der Waals surface area contributed by atoms with Crippen molar-refractivity contribution in [1.82, 2.24) is 10.2 Å². The molecule has 2 aromatic rings. The smallest absolute Gasteiger partial charge is 0.149 e. The minimum absolute atomic E-state index is 0.409. The van der Waals surface area contributed by atoms with Crippen molar-refractivity contribution < 1.29 is 0 Å². The second kappa shape index (κ2) is 4.90. The number of benzene rings is 1. The summed E-state index contributed by atoms with van der Waals surface area (Å²) in [6, 6.07) is 11.8. The SMILES string of the molecule is C=CCc1ccc(-c2ccc(Cl)nn2)cc1. The summed E-state index contributed by atoms with van der Waals surface area (Å²) >= 11 is 5.68. The van der Waals surface area contributed by atoms with Crippen LogP contribution >= 0.6 is 11.6 Å². The number of aromatic nitrogens is 2. The molecule has 0 saturated carbocycles. The van der Waals surface area contributed by atoms with E-state index >= 15 is 0 Å². The molecule has 1 aromatic heterocycles. The highest BCUT2D eigenvalue weighted by Crippen LogP contribution is 2.18. The maximum Gasteiger partial charge on any atom is 0.151 e. The molecule has 3 heteroatoms. The van der Waals surface area contributed by atoms with E-state index in [0.29, 0.717) is 5.15 Å². The van der Waals surface area contributed by atoms with Gasteiger partial charge in [-0.15, -0.1) is 16.8 Å². The molecule has 0 saturated heterocycles. The lowest BCUT2D eigenvalue weighted by molar-refractivity contribution is 1.04. The summed E-state index contributed by atoms with van der Waals surface area (Å²) in [6.07, 6.45) is 2.77. The number of allylic oxidation sites excluding steroid dienone is 1. The second-order valence-corrected chi connectivity index (χ2v) is 3.82. The maximum atomic E-state index is 5.68. The summed E-state index contributed by atoms with van der Waals surface area (Å²) in [4.78, 5) is 0. The molecule has 0 amide bonds. The average molecular weight is 231 g/mol. The first-order chi connectivity index (χ1) is 7.79. The van der Waals surface area contributed by atoms with Gasteiger partial charge in [0.25, 0.3) is 0 Å². The lowest BCUT2D eigenvalue weighted by Crippen LogP contribution is -1.88. The van der Waals surface area contributed by atoms with E-state index < -0.39 is 0 Å². The van der Waals surface area contributed by atoms with Crippen LogP contribution in [0.2, 0.25) is 5.15 Å². The van der Waals surface area contributed by atoms with E-state index in [1.165, 1.54) is 5.56 Å². The van der Waals surface area contributed by atoms with Gasteiger partial charge >= 0.3 is 0 Å². The molecule has 1 aromatic carbocycles. The summed E-state index contributed by atoms with van der Waals surface area (Å²) in [7, 11) is 0. The van der Waals surface area contributed by atoms with E-state index in [9.17, 15) is 0 Å². The standard InChI is InChI=1S/C13H11ClN2/c1-2-3-10-4-6-11(7-5-10)12-8-9-13(14)16-15-12/h2,4-9H,1,3H2. The number of halogens is 1. The summed E-state index contributed by atoms with van der Waals surface area (Å²) < 4.78 is 0. The highest BCUT2D eigenvalue weighted by atomic mass is 35.5. The quantitative estimate of drug-likeness (QED) is 0.754. The van der Waals surface area contributed by atoms with E-state index in [0.717, 1.165) is 17.7 Å². The van der Waals surface area contributed by atoms with E-state index in [-0.39, 0.29) is 0 Å². The topological polar surface area (TPSA) is 25.8 Å². The Bertz CT molecular complexity index is 474. The van der Waals surface area contributed by atoms with Gasteiger partial charge in [-0.3, -0.25) is 0 Å². The third-order valence-corrected chi connectivity index (χ3v) is 2.46. The van der Waals surface area contributed by atoms with Crippen LogP contribution in [-0.4, -0.2) is 10.2 Å². The summed E-state index contributed by atoms with van der Waals surface area (Å²) in [5.74, 6) is 0. The Morgan fingerprint density at radius 2 is 1.81 bits per heavy atom. The Morgan fingerprint density at radius 3 is 2.38 bits per heavy atom. The summed E-state index contributed by atoms with van der Waals surface area (Å²) in [5.41, 5.74) is 3.10. The minimum atomic E-state index is 0.409. The molecule has 0 bridgehead atoms. The molecule has 1 heterocycles. The Morgan fingerprint density at radius 1 is 1.06 bits per heavy atom. The molecular formula is C13H11ClN2. The van der Waals surface area contributed by atoms with Gasteiger partial charge in [0.2, 0.25) is 0 Å². The van der Waals surface area contributed by atoms with Crippen molar-refractivity contribution in [2.24, 2.45) is 0 Å². The van der Waals surface area contributed by atoms with Gasteiger partial charge in [-0.2, -0.15) is 0 Å². The van der Waals surface area contributed by atoms with Crippen LogP contribution in [0.5, 0.6) is 0 Å². The van der Waals surface area contributed by atoms with Crippen molar-refractivity contribution in [3.05, 3.63) is 59.8 Å². The van der Waals surface area contributed by atoms with Crippen LogP contribution < -0.4 is 0 Å². The number of hydrogen-bond donors (Lipinski definition) is 0. The molecule has 2 nitrogen and oxygen atoms in total. The number of rotatable bonds is 3. The van der Waals surface area contributed by atoms with Gasteiger partial charge in [0.15, 0.2) is 5.15 Å². The number of nitrogens with zero attached hydrogens (tertiary/aromatic N) is 2. The Kier molecular flexibility index (Phi) is 3.32. The fourth-order valence-electron chi connectivity index (χ4n) is 1.45. The van der Waals surface area contributed by atoms with Crippen molar-refractivity contribution in [1.29, 1.82) is 0 Å². The van der Waals surface area contributed by atoms with Gasteiger partial charge in [0.05, 0.1) is 5.69 Å². The zero-order valence-electron chi connectivity index (χ0n) is 8.73. The highest BCUT2D eigenvalue weighted by Gasteiger charge is 1.99. The van der Waals surface area contributed by atoms with Gasteiger partial charge in [-0.1, -0.05) is 41.9 Å². The first kappa shape index (κ1) is 10.8. The molecule has 0 spiro atoms. The van der Waals surface area contributed by atoms with Gasteiger partial charge in [-0.25, -0.2) is 0 Å². The highest BCUT2D eigenvalue weighted by molar-refractivity contribution is 6.29. The molecule has 0 aliphatic heterocycles. The molecule has 0 atom stereocenters. The number of hydrogen-bond acceptors (Lipinski definition) is 2. The van der Waals surface area contributed by atoms with Crippen molar-refractivity contribution >= 4 is 11.6 Å². The second-order valence-electron chi connectivity index (χ2n) is 3.43. The van der Waals surface area contributed by atoms with Gasteiger partial charge < -0.3 is 0 Å². The fourth-order valence-corrected chi connectivity index (χ4v) is 1.55. The zero-order valence-corrected chi connectivity index (χ0v) is 9.48. The van der Waals surface area contributed by atoms with Crippen LogP contribution in [0.3, 0.4) is 0 Å². The van der Waals surface area contributed by atoms with Gasteiger partial charge in [-0.05, 0) is 24.1 Å². The lowest BCUT2D eigenvalue weighted by atomic mass is 10.1. The lowest BCUT2D eigenvalue weighted by Gasteiger charge is -2.01. The Hall–Kier alpha value is -1.67. The Balaban J connectivity index is 2.27. The van der Waals surface area contributed by atoms with Crippen LogP contribution in [0.4, 0.5) is 0 Å². The van der Waals surface area contributed by atoms with Crippen molar-refractivity contribution in [3.8, 4) is 11.3 Å². The molecule has 16 heavy (non-hydrogen) atoms. The van der Waals surface area contributed by atoms with Crippen LogP contribution in [0.15, 0.2) is 49.1 Å². The predicted molar refractivity (Wildman–Crippen MR) is 66.4 cm³/mol. The monoisotopic (exact) mass is 230 g/mol. The predicted octanol–water partition coefficient (Wildman–Crippen LogP) is 3.53. The normalized spacial score (nSPS) is 10.1. The van der Waals surface area contributed by atoms with E-state index in [1.807, 2.05) is 24.3 Å². The fraction of sp³-hybridized carbons (Fsp3) is 0.0769. The van der Waals surface area contributed by atoms with Crippen LogP contribution in [0, 0.1) is 0 Å². The molecule has 0 radical (unpaired) electrons. The third kappa shape index (κ3) is 2.47. The third-order valence-electron chi connectivity index (χ3n) is 2.26. The first-order valence-electron chi connectivity index (χ1n) is 4.99. The van der Waals surface area contributed by atoms with Crippen LogP contribution in [0.1, 0.15) is 5.56 Å². The summed E-state index contributed by atoms with van der Waals surface area (Å²) in [6.45, 7) is 3.71. The maximum absolute atomic E-state index is 5.68. The molecule has 0 unspecified atom stereocenters. The average Bonchev–Trinajstić information content (AvgIpc) is 2.32. The Labute approximate surface area is 99.6 Å². The molecular weight excluding hydrogens is 220 g/mol. The van der Waals surface area contributed by atoms with Crippen LogP contribution in [-0.2, 0) is 6.42 Å². The molecule has 2 rings (SSSR count). The molecule has 0 aliphatic rings. The van der Waals surface area contributed by atoms with Gasteiger partial charge in [0.1, 0.15) is 0 Å². The van der Waals surface area contributed by atoms with Crippen molar-refractivity contribution in [3.63, 3.8) is 0 Å². The largest absolute Gasteiger partial charge is 0.151 e. The minimum Gasteiger partial charge on any atom is -0.149 e. The molecule has 0 fully saturated rings. The first-order valence-corrected chi connectivity index (χ1v) is 5.37. The van der Waals surface area contributed by atoms with E-state index in [4.69, 9.17) is 11.6 Å².